The van der Waals surface area contributed by atoms with Crippen molar-refractivity contribution in [1.29, 1.82) is 0 Å². The highest BCUT2D eigenvalue weighted by atomic mass is 32.2. The van der Waals surface area contributed by atoms with Crippen LogP contribution in [0.25, 0.3) is 0 Å². The Morgan fingerprint density at radius 1 is 1.00 bits per heavy atom. The van der Waals surface area contributed by atoms with E-state index in [1.54, 1.807) is 0 Å². The van der Waals surface area contributed by atoms with E-state index in [1.165, 1.54) is 0 Å². The van der Waals surface area contributed by atoms with Crippen molar-refractivity contribution < 1.29 is 17.9 Å². The van der Waals surface area contributed by atoms with Crippen LogP contribution < -0.4 is 18.9 Å². The lowest BCUT2D eigenvalue weighted by molar-refractivity contribution is 0.174. The van der Waals surface area contributed by atoms with Gasteiger partial charge in [-0.05, 0) is 29.7 Å². The zero-order valence-corrected chi connectivity index (χ0v) is 13.0. The first-order valence-electron chi connectivity index (χ1n) is 7.34. The summed E-state index contributed by atoms with van der Waals surface area (Å²) in [6.07, 6.45) is 0.558. The zero-order chi connectivity index (χ0) is 15.9. The van der Waals surface area contributed by atoms with E-state index in [4.69, 9.17) is 9.47 Å². The van der Waals surface area contributed by atoms with Gasteiger partial charge < -0.3 is 9.47 Å². The van der Waals surface area contributed by atoms with E-state index in [0.717, 1.165) is 16.9 Å². The fourth-order valence-corrected chi connectivity index (χ4v) is 4.31. The number of ether oxygens (including phenoxy) is 2. The van der Waals surface area contributed by atoms with E-state index in [1.807, 2.05) is 48.5 Å². The first-order valence-corrected chi connectivity index (χ1v) is 8.82. The van der Waals surface area contributed by atoms with Gasteiger partial charge in [0.15, 0.2) is 11.5 Å². The number of benzene rings is 2. The lowest BCUT2D eigenvalue weighted by atomic mass is 9.95. The van der Waals surface area contributed by atoms with Gasteiger partial charge in [-0.3, -0.25) is 0 Å². The van der Waals surface area contributed by atoms with Crippen molar-refractivity contribution in [3.63, 3.8) is 0 Å². The van der Waals surface area contributed by atoms with Gasteiger partial charge in [0.2, 0.25) is 6.79 Å². The van der Waals surface area contributed by atoms with Crippen LogP contribution in [0.15, 0.2) is 48.5 Å². The number of hydrogen-bond acceptors (Lipinski definition) is 4. The molecule has 0 spiro atoms. The van der Waals surface area contributed by atoms with E-state index in [9.17, 15) is 8.42 Å². The predicted octanol–water partition coefficient (Wildman–Crippen LogP) is 1.51. The quantitative estimate of drug-likeness (QED) is 0.893. The molecule has 2 aromatic carbocycles. The van der Waals surface area contributed by atoms with Gasteiger partial charge in [0.1, 0.15) is 0 Å². The zero-order valence-electron chi connectivity index (χ0n) is 12.2. The molecule has 120 valence electrons. The number of hydrogen-bond donors (Lipinski definition) is 2. The first-order chi connectivity index (χ1) is 11.1. The van der Waals surface area contributed by atoms with E-state index < -0.39 is 10.2 Å². The average molecular weight is 332 g/mol. The molecule has 2 atom stereocenters. The van der Waals surface area contributed by atoms with Crippen LogP contribution in [0.4, 0.5) is 0 Å². The Balaban J connectivity index is 1.61. The minimum Gasteiger partial charge on any atom is -0.454 e. The van der Waals surface area contributed by atoms with Gasteiger partial charge in [0.05, 0.1) is 6.04 Å². The van der Waals surface area contributed by atoms with Crippen molar-refractivity contribution in [2.24, 2.45) is 0 Å². The Bertz CT molecular complexity index is 823. The SMILES string of the molecule is O=S1(=O)NC(Cc2ccc3c(c2)OCO3)C(c2ccccc2)N1. The van der Waals surface area contributed by atoms with E-state index in [2.05, 4.69) is 9.44 Å². The van der Waals surface area contributed by atoms with E-state index in [-0.39, 0.29) is 18.9 Å². The molecule has 23 heavy (non-hydrogen) atoms. The molecule has 2 aliphatic rings. The van der Waals surface area contributed by atoms with E-state index >= 15 is 0 Å². The molecule has 1 saturated heterocycles. The van der Waals surface area contributed by atoms with Crippen LogP contribution in [0.5, 0.6) is 11.5 Å². The monoisotopic (exact) mass is 332 g/mol. The summed E-state index contributed by atoms with van der Waals surface area (Å²) in [5.41, 5.74) is 1.93. The highest BCUT2D eigenvalue weighted by Gasteiger charge is 2.37. The summed E-state index contributed by atoms with van der Waals surface area (Å²) >= 11 is 0. The maximum absolute atomic E-state index is 11.9. The number of nitrogens with one attached hydrogen (secondary N) is 2. The largest absolute Gasteiger partial charge is 0.454 e. The van der Waals surface area contributed by atoms with Gasteiger partial charge in [-0.2, -0.15) is 17.9 Å². The predicted molar refractivity (Wildman–Crippen MR) is 84.4 cm³/mol. The third-order valence-corrected chi connectivity index (χ3v) is 5.22. The minimum absolute atomic E-state index is 0.225. The summed E-state index contributed by atoms with van der Waals surface area (Å²) in [5, 5.41) is 0. The number of fused-ring (bicyclic) bond motifs is 1. The van der Waals surface area contributed by atoms with Crippen molar-refractivity contribution in [2.45, 2.75) is 18.5 Å². The molecule has 0 aromatic heterocycles. The molecule has 2 unspecified atom stereocenters. The fraction of sp³-hybridized carbons (Fsp3) is 0.250. The van der Waals surface area contributed by atoms with Crippen molar-refractivity contribution in [1.82, 2.24) is 9.44 Å². The molecule has 7 heteroatoms. The van der Waals surface area contributed by atoms with Gasteiger partial charge in [0.25, 0.3) is 10.2 Å². The summed E-state index contributed by atoms with van der Waals surface area (Å²) in [5.74, 6) is 1.42. The normalized spacial score (nSPS) is 24.7. The molecule has 4 rings (SSSR count). The Hall–Kier alpha value is -2.09. The molecular weight excluding hydrogens is 316 g/mol. The number of rotatable bonds is 3. The maximum Gasteiger partial charge on any atom is 0.277 e. The lowest BCUT2D eigenvalue weighted by Crippen LogP contribution is -2.30. The van der Waals surface area contributed by atoms with Crippen LogP contribution in [-0.2, 0) is 16.6 Å². The standard InChI is InChI=1S/C16H16N2O4S/c19-23(20)17-13(16(18-23)12-4-2-1-3-5-12)8-11-6-7-14-15(9-11)22-10-21-14/h1-7,9,13,16-18H,8,10H2. The summed E-state index contributed by atoms with van der Waals surface area (Å²) in [4.78, 5) is 0. The fourth-order valence-electron chi connectivity index (χ4n) is 2.99. The minimum atomic E-state index is -3.48. The molecule has 0 aliphatic carbocycles. The molecule has 0 bridgehead atoms. The Morgan fingerprint density at radius 2 is 1.78 bits per heavy atom. The second-order valence-electron chi connectivity index (χ2n) is 5.63. The Kier molecular flexibility index (Phi) is 3.48. The van der Waals surface area contributed by atoms with Crippen molar-refractivity contribution >= 4 is 10.2 Å². The topological polar surface area (TPSA) is 76.7 Å². The summed E-state index contributed by atoms with van der Waals surface area (Å²) in [7, 11) is -3.48. The van der Waals surface area contributed by atoms with Crippen molar-refractivity contribution in [2.75, 3.05) is 6.79 Å². The molecule has 2 N–H and O–H groups in total. The second-order valence-corrected chi connectivity index (χ2v) is 7.10. The van der Waals surface area contributed by atoms with Crippen LogP contribution in [0.3, 0.4) is 0 Å². The third kappa shape index (κ3) is 2.90. The molecule has 0 saturated carbocycles. The van der Waals surface area contributed by atoms with Crippen LogP contribution in [0.2, 0.25) is 0 Å². The molecule has 6 nitrogen and oxygen atoms in total. The molecule has 0 amide bonds. The van der Waals surface area contributed by atoms with Crippen LogP contribution >= 0.6 is 0 Å². The summed E-state index contributed by atoms with van der Waals surface area (Å²) in [6.45, 7) is 0.225. The molecule has 1 fully saturated rings. The highest BCUT2D eigenvalue weighted by molar-refractivity contribution is 7.87. The van der Waals surface area contributed by atoms with Gasteiger partial charge in [-0.15, -0.1) is 0 Å². The summed E-state index contributed by atoms with van der Waals surface area (Å²) in [6, 6.07) is 14.7. The van der Waals surface area contributed by atoms with Crippen LogP contribution in [0.1, 0.15) is 17.2 Å². The molecule has 2 aromatic rings. The van der Waals surface area contributed by atoms with Crippen LogP contribution in [-0.4, -0.2) is 21.3 Å². The highest BCUT2D eigenvalue weighted by Crippen LogP contribution is 2.34. The molecule has 2 aliphatic heterocycles. The average Bonchev–Trinajstić information content (AvgIpc) is 3.11. The Morgan fingerprint density at radius 3 is 2.61 bits per heavy atom. The lowest BCUT2D eigenvalue weighted by Gasteiger charge is -2.18. The van der Waals surface area contributed by atoms with Crippen LogP contribution in [0, 0.1) is 0 Å². The van der Waals surface area contributed by atoms with Crippen molar-refractivity contribution in [3.05, 3.63) is 59.7 Å². The molecule has 2 heterocycles. The van der Waals surface area contributed by atoms with Crippen molar-refractivity contribution in [3.8, 4) is 11.5 Å². The summed E-state index contributed by atoms with van der Waals surface area (Å²) < 4.78 is 39.9. The third-order valence-electron chi connectivity index (χ3n) is 4.04. The smallest absolute Gasteiger partial charge is 0.277 e. The molecular formula is C16H16N2O4S. The van der Waals surface area contributed by atoms with Gasteiger partial charge >= 0.3 is 0 Å². The maximum atomic E-state index is 11.9. The van der Waals surface area contributed by atoms with Gasteiger partial charge in [-0.1, -0.05) is 36.4 Å². The van der Waals surface area contributed by atoms with E-state index in [0.29, 0.717) is 12.2 Å². The second kappa shape index (κ2) is 5.52. The van der Waals surface area contributed by atoms with Gasteiger partial charge in [0, 0.05) is 6.04 Å². The first kappa shape index (κ1) is 14.5. The van der Waals surface area contributed by atoms with Gasteiger partial charge in [-0.25, -0.2) is 0 Å². The molecule has 0 radical (unpaired) electrons. The Labute approximate surface area is 134 Å².